The van der Waals surface area contributed by atoms with E-state index in [2.05, 4.69) is 6.92 Å². The first-order chi connectivity index (χ1) is 9.46. The highest BCUT2D eigenvalue weighted by Gasteiger charge is 2.38. The van der Waals surface area contributed by atoms with Gasteiger partial charge in [0, 0.05) is 12.5 Å². The Morgan fingerprint density at radius 1 is 1.45 bits per heavy atom. The first-order valence-electron chi connectivity index (χ1n) is 6.71. The molecule has 106 valence electrons. The molecule has 0 amide bonds. The van der Waals surface area contributed by atoms with Gasteiger partial charge >= 0.3 is 5.97 Å². The second kappa shape index (κ2) is 4.48. The number of imidazole rings is 1. The molecule has 0 saturated heterocycles. The van der Waals surface area contributed by atoms with Gasteiger partial charge in [-0.05, 0) is 25.0 Å². The van der Waals surface area contributed by atoms with Crippen LogP contribution < -0.4 is 0 Å². The number of benzene rings is 1. The van der Waals surface area contributed by atoms with Gasteiger partial charge in [0.15, 0.2) is 0 Å². The second-order valence-electron chi connectivity index (χ2n) is 5.73. The van der Waals surface area contributed by atoms with Gasteiger partial charge < -0.3 is 9.30 Å². The van der Waals surface area contributed by atoms with E-state index >= 15 is 0 Å². The molecule has 0 spiro atoms. The summed E-state index contributed by atoms with van der Waals surface area (Å²) in [4.78, 5) is 16.4. The summed E-state index contributed by atoms with van der Waals surface area (Å²) in [6.45, 7) is 2.23. The van der Waals surface area contributed by atoms with Crippen molar-refractivity contribution in [3.63, 3.8) is 0 Å². The number of ether oxygens (including phenoxy) is 1. The van der Waals surface area contributed by atoms with Crippen molar-refractivity contribution in [2.45, 2.75) is 31.6 Å². The lowest BCUT2D eigenvalue weighted by Crippen LogP contribution is -2.33. The SMILES string of the molecule is COC(=O)c1cc(Cl)c2nc(C3(C)CCC3)n(C)c2c1. The number of methoxy groups -OCH3 is 1. The number of carbonyl (C=O) groups is 1. The van der Waals surface area contributed by atoms with Crippen LogP contribution in [-0.4, -0.2) is 22.6 Å². The molecule has 1 fully saturated rings. The van der Waals surface area contributed by atoms with Crippen LogP contribution in [0, 0.1) is 0 Å². The van der Waals surface area contributed by atoms with Gasteiger partial charge in [-0.25, -0.2) is 9.78 Å². The molecule has 5 heteroatoms. The molecule has 1 saturated carbocycles. The maximum Gasteiger partial charge on any atom is 0.337 e. The highest BCUT2D eigenvalue weighted by Crippen LogP contribution is 2.43. The fourth-order valence-corrected chi connectivity index (χ4v) is 3.21. The summed E-state index contributed by atoms with van der Waals surface area (Å²) in [5, 5.41) is 0.493. The summed E-state index contributed by atoms with van der Waals surface area (Å²) < 4.78 is 6.81. The van der Waals surface area contributed by atoms with E-state index in [-0.39, 0.29) is 11.4 Å². The Balaban J connectivity index is 2.21. The maximum atomic E-state index is 11.7. The fourth-order valence-electron chi connectivity index (χ4n) is 2.95. The first kappa shape index (κ1) is 13.4. The van der Waals surface area contributed by atoms with Crippen LogP contribution in [0.5, 0.6) is 0 Å². The summed E-state index contributed by atoms with van der Waals surface area (Å²) in [5.74, 6) is 0.661. The number of aromatic nitrogens is 2. The number of rotatable bonds is 2. The van der Waals surface area contributed by atoms with E-state index in [1.165, 1.54) is 13.5 Å². The number of nitrogens with zero attached hydrogens (tertiary/aromatic N) is 2. The number of carbonyl (C=O) groups excluding carboxylic acids is 1. The van der Waals surface area contributed by atoms with Gasteiger partial charge in [0.05, 0.1) is 23.2 Å². The molecule has 4 nitrogen and oxygen atoms in total. The minimum absolute atomic E-state index is 0.128. The Bertz CT molecular complexity index is 701. The van der Waals surface area contributed by atoms with E-state index in [0.717, 1.165) is 29.7 Å². The third-order valence-corrected chi connectivity index (χ3v) is 4.65. The lowest BCUT2D eigenvalue weighted by atomic mass is 9.70. The van der Waals surface area contributed by atoms with Crippen LogP contribution in [0.3, 0.4) is 0 Å². The zero-order chi connectivity index (χ0) is 14.5. The van der Waals surface area contributed by atoms with Crippen molar-refractivity contribution < 1.29 is 9.53 Å². The fraction of sp³-hybridized carbons (Fsp3) is 0.467. The standard InChI is InChI=1S/C15H17ClN2O2/c1-15(5-4-6-15)14-17-12-10(16)7-9(13(19)20-3)8-11(12)18(14)2/h7-8H,4-6H2,1-3H3. The molecule has 20 heavy (non-hydrogen) atoms. The molecule has 1 aliphatic carbocycles. The first-order valence-corrected chi connectivity index (χ1v) is 7.09. The van der Waals surface area contributed by atoms with Crippen molar-refractivity contribution in [2.24, 2.45) is 7.05 Å². The molecular formula is C15H17ClN2O2. The number of halogens is 1. The number of aryl methyl sites for hydroxylation is 1. The van der Waals surface area contributed by atoms with Crippen molar-refractivity contribution in [3.05, 3.63) is 28.5 Å². The highest BCUT2D eigenvalue weighted by atomic mass is 35.5. The van der Waals surface area contributed by atoms with E-state index in [1.807, 2.05) is 11.6 Å². The molecule has 1 aromatic carbocycles. The van der Waals surface area contributed by atoms with Crippen LogP contribution in [0.25, 0.3) is 11.0 Å². The molecule has 2 aromatic rings. The van der Waals surface area contributed by atoms with E-state index in [9.17, 15) is 4.79 Å². The van der Waals surface area contributed by atoms with Crippen molar-refractivity contribution in [1.29, 1.82) is 0 Å². The predicted molar refractivity (Wildman–Crippen MR) is 78.3 cm³/mol. The van der Waals surface area contributed by atoms with E-state index in [4.69, 9.17) is 21.3 Å². The maximum absolute atomic E-state index is 11.7. The molecule has 0 atom stereocenters. The zero-order valence-electron chi connectivity index (χ0n) is 11.9. The van der Waals surface area contributed by atoms with E-state index in [0.29, 0.717) is 10.6 Å². The average molecular weight is 293 g/mol. The second-order valence-corrected chi connectivity index (χ2v) is 6.13. The van der Waals surface area contributed by atoms with Gasteiger partial charge in [-0.15, -0.1) is 0 Å². The summed E-state index contributed by atoms with van der Waals surface area (Å²) in [7, 11) is 3.34. The third kappa shape index (κ3) is 1.82. The number of hydrogen-bond acceptors (Lipinski definition) is 3. The number of fused-ring (bicyclic) bond motifs is 1. The summed E-state index contributed by atoms with van der Waals surface area (Å²) >= 11 is 6.28. The molecule has 0 unspecified atom stereocenters. The minimum atomic E-state index is -0.383. The molecule has 1 aromatic heterocycles. The van der Waals surface area contributed by atoms with Gasteiger partial charge in [-0.3, -0.25) is 0 Å². The largest absolute Gasteiger partial charge is 0.465 e. The van der Waals surface area contributed by atoms with Crippen molar-refractivity contribution in [3.8, 4) is 0 Å². The zero-order valence-corrected chi connectivity index (χ0v) is 12.6. The molecule has 3 rings (SSSR count). The van der Waals surface area contributed by atoms with Crippen LogP contribution in [0.4, 0.5) is 0 Å². The lowest BCUT2D eigenvalue weighted by Gasteiger charge is -2.37. The Morgan fingerprint density at radius 2 is 2.15 bits per heavy atom. The van der Waals surface area contributed by atoms with Gasteiger partial charge in [-0.1, -0.05) is 24.9 Å². The van der Waals surface area contributed by atoms with Crippen LogP contribution in [0.2, 0.25) is 5.02 Å². The van der Waals surface area contributed by atoms with Crippen molar-refractivity contribution in [2.75, 3.05) is 7.11 Å². The van der Waals surface area contributed by atoms with Gasteiger partial charge in [0.2, 0.25) is 0 Å². The summed E-state index contributed by atoms with van der Waals surface area (Å²) in [6.07, 6.45) is 3.53. The molecule has 0 aliphatic heterocycles. The van der Waals surface area contributed by atoms with Crippen molar-refractivity contribution >= 4 is 28.6 Å². The summed E-state index contributed by atoms with van der Waals surface area (Å²) in [6, 6.07) is 3.42. The smallest absolute Gasteiger partial charge is 0.337 e. The summed E-state index contributed by atoms with van der Waals surface area (Å²) in [5.41, 5.74) is 2.21. The predicted octanol–water partition coefficient (Wildman–Crippen LogP) is 3.45. The molecule has 0 bridgehead atoms. The Morgan fingerprint density at radius 3 is 2.70 bits per heavy atom. The van der Waals surface area contributed by atoms with E-state index < -0.39 is 0 Å². The van der Waals surface area contributed by atoms with Gasteiger partial charge in [0.1, 0.15) is 11.3 Å². The lowest BCUT2D eigenvalue weighted by molar-refractivity contribution is 0.0601. The van der Waals surface area contributed by atoms with Crippen molar-refractivity contribution in [1.82, 2.24) is 9.55 Å². The van der Waals surface area contributed by atoms with Gasteiger partial charge in [0.25, 0.3) is 0 Å². The van der Waals surface area contributed by atoms with E-state index in [1.54, 1.807) is 12.1 Å². The van der Waals surface area contributed by atoms with Crippen LogP contribution in [0.1, 0.15) is 42.4 Å². The molecule has 0 radical (unpaired) electrons. The molecule has 0 N–H and O–H groups in total. The normalized spacial score (nSPS) is 17.0. The monoisotopic (exact) mass is 292 g/mol. The Labute approximate surface area is 122 Å². The van der Waals surface area contributed by atoms with Gasteiger partial charge in [-0.2, -0.15) is 0 Å². The topological polar surface area (TPSA) is 44.1 Å². The molecule has 1 aliphatic rings. The average Bonchev–Trinajstić information content (AvgIpc) is 2.74. The highest BCUT2D eigenvalue weighted by molar-refractivity contribution is 6.35. The van der Waals surface area contributed by atoms with Crippen LogP contribution >= 0.6 is 11.6 Å². The third-order valence-electron chi connectivity index (χ3n) is 4.36. The Hall–Kier alpha value is -1.55. The molecular weight excluding hydrogens is 276 g/mol. The Kier molecular flexibility index (Phi) is 3.01. The molecule has 1 heterocycles. The van der Waals surface area contributed by atoms with Crippen LogP contribution in [0.15, 0.2) is 12.1 Å². The number of hydrogen-bond donors (Lipinski definition) is 0. The van der Waals surface area contributed by atoms with Crippen LogP contribution in [-0.2, 0) is 17.2 Å². The number of esters is 1. The quantitative estimate of drug-likeness (QED) is 0.796. The minimum Gasteiger partial charge on any atom is -0.465 e.